The van der Waals surface area contributed by atoms with E-state index >= 15 is 0 Å². The zero-order chi connectivity index (χ0) is 19.7. The summed E-state index contributed by atoms with van der Waals surface area (Å²) in [6, 6.07) is 15.9. The van der Waals surface area contributed by atoms with E-state index < -0.39 is 0 Å². The molecule has 2 aromatic carbocycles. The number of fused-ring (bicyclic) bond motifs is 2. The van der Waals surface area contributed by atoms with Gasteiger partial charge in [0.15, 0.2) is 0 Å². The van der Waals surface area contributed by atoms with Gasteiger partial charge in [-0.25, -0.2) is 0 Å². The molecule has 0 radical (unpaired) electrons. The Hall–Kier alpha value is -3.34. The molecule has 2 N–H and O–H groups in total. The van der Waals surface area contributed by atoms with Gasteiger partial charge in [0.1, 0.15) is 0 Å². The Morgan fingerprint density at radius 1 is 1.04 bits per heavy atom. The second-order valence-corrected chi connectivity index (χ2v) is 7.26. The highest BCUT2D eigenvalue weighted by atomic mass is 16.1. The standard InChI is InChI=1S/C23H23N3O2/c1-15(2)26-14-16(17-7-5-6-10-21(17)26)11-12-24-23(28)20-13-25-22(27)19-9-4-3-8-18(19)20/h3-10,13-15H,11-12H2,1-2H3,(H,24,28)(H,25,27). The third-order valence-corrected chi connectivity index (χ3v) is 5.11. The van der Waals surface area contributed by atoms with E-state index in [-0.39, 0.29) is 11.5 Å². The molecule has 0 bridgehead atoms. The van der Waals surface area contributed by atoms with Gasteiger partial charge in [0.25, 0.3) is 11.5 Å². The average molecular weight is 373 g/mol. The molecule has 0 aliphatic carbocycles. The molecule has 5 heteroatoms. The number of pyridine rings is 1. The fourth-order valence-electron chi connectivity index (χ4n) is 3.71. The van der Waals surface area contributed by atoms with Crippen LogP contribution >= 0.6 is 0 Å². The summed E-state index contributed by atoms with van der Waals surface area (Å²) < 4.78 is 2.27. The molecule has 0 unspecified atom stereocenters. The minimum atomic E-state index is -0.186. The summed E-state index contributed by atoms with van der Waals surface area (Å²) >= 11 is 0. The van der Waals surface area contributed by atoms with Crippen molar-refractivity contribution in [2.24, 2.45) is 0 Å². The first kappa shape index (κ1) is 18.0. The number of aromatic amines is 1. The normalized spacial score (nSPS) is 11.4. The predicted octanol–water partition coefficient (Wildman–Crippen LogP) is 4.04. The summed E-state index contributed by atoms with van der Waals surface area (Å²) in [6.45, 7) is 4.86. The minimum Gasteiger partial charge on any atom is -0.352 e. The molecule has 5 nitrogen and oxygen atoms in total. The molecule has 4 rings (SSSR count). The van der Waals surface area contributed by atoms with Gasteiger partial charge in [-0.1, -0.05) is 36.4 Å². The molecule has 1 amide bonds. The van der Waals surface area contributed by atoms with E-state index in [1.165, 1.54) is 22.7 Å². The molecule has 0 aliphatic heterocycles. The highest BCUT2D eigenvalue weighted by Crippen LogP contribution is 2.24. The van der Waals surface area contributed by atoms with Gasteiger partial charge in [0.05, 0.1) is 5.56 Å². The summed E-state index contributed by atoms with van der Waals surface area (Å²) in [6.07, 6.45) is 4.41. The maximum absolute atomic E-state index is 12.7. The molecular weight excluding hydrogens is 350 g/mol. The lowest BCUT2D eigenvalue weighted by molar-refractivity contribution is 0.0955. The SMILES string of the molecule is CC(C)n1cc(CCNC(=O)c2c[nH]c(=O)c3ccccc23)c2ccccc21. The van der Waals surface area contributed by atoms with E-state index in [0.29, 0.717) is 28.9 Å². The molecule has 0 fully saturated rings. The molecule has 2 aromatic heterocycles. The van der Waals surface area contributed by atoms with E-state index in [1.807, 2.05) is 18.2 Å². The maximum atomic E-state index is 12.7. The summed E-state index contributed by atoms with van der Waals surface area (Å²) in [7, 11) is 0. The highest BCUT2D eigenvalue weighted by Gasteiger charge is 2.13. The van der Waals surface area contributed by atoms with Crippen LogP contribution in [0.3, 0.4) is 0 Å². The topological polar surface area (TPSA) is 66.9 Å². The zero-order valence-electron chi connectivity index (χ0n) is 16.0. The number of hydrogen-bond donors (Lipinski definition) is 2. The van der Waals surface area contributed by atoms with E-state index in [1.54, 1.807) is 18.2 Å². The zero-order valence-corrected chi connectivity index (χ0v) is 16.0. The Bertz CT molecular complexity index is 1220. The van der Waals surface area contributed by atoms with Crippen LogP contribution < -0.4 is 10.9 Å². The molecule has 4 aromatic rings. The van der Waals surface area contributed by atoms with Crippen molar-refractivity contribution in [3.05, 3.63) is 82.4 Å². The van der Waals surface area contributed by atoms with Crippen LogP contribution in [0.2, 0.25) is 0 Å². The van der Waals surface area contributed by atoms with E-state index in [0.717, 1.165) is 6.42 Å². The average Bonchev–Trinajstić information content (AvgIpc) is 3.08. The number of nitrogens with one attached hydrogen (secondary N) is 2. The lowest BCUT2D eigenvalue weighted by atomic mass is 10.1. The first-order valence-corrected chi connectivity index (χ1v) is 9.53. The molecular formula is C23H23N3O2. The van der Waals surface area contributed by atoms with E-state index in [9.17, 15) is 9.59 Å². The third-order valence-electron chi connectivity index (χ3n) is 5.11. The molecule has 0 saturated heterocycles. The van der Waals surface area contributed by atoms with Crippen LogP contribution in [0.25, 0.3) is 21.7 Å². The first-order chi connectivity index (χ1) is 13.6. The summed E-state index contributed by atoms with van der Waals surface area (Å²) in [5.41, 5.74) is 2.73. The number of benzene rings is 2. The molecule has 0 aliphatic rings. The highest BCUT2D eigenvalue weighted by molar-refractivity contribution is 6.06. The van der Waals surface area contributed by atoms with Gasteiger partial charge in [-0.2, -0.15) is 0 Å². The van der Waals surface area contributed by atoms with Crippen molar-refractivity contribution in [2.45, 2.75) is 26.3 Å². The first-order valence-electron chi connectivity index (χ1n) is 9.53. The van der Waals surface area contributed by atoms with Gasteiger partial charge in [-0.3, -0.25) is 9.59 Å². The van der Waals surface area contributed by atoms with Crippen LogP contribution in [0.15, 0.2) is 65.7 Å². The number of nitrogens with zero attached hydrogens (tertiary/aromatic N) is 1. The van der Waals surface area contributed by atoms with Crippen molar-refractivity contribution in [3.8, 4) is 0 Å². The van der Waals surface area contributed by atoms with Crippen molar-refractivity contribution < 1.29 is 4.79 Å². The number of amides is 1. The monoisotopic (exact) mass is 373 g/mol. The molecule has 0 spiro atoms. The lowest BCUT2D eigenvalue weighted by Gasteiger charge is -2.08. The fraction of sp³-hybridized carbons (Fsp3) is 0.217. The number of para-hydroxylation sites is 1. The van der Waals surface area contributed by atoms with Crippen molar-refractivity contribution >= 4 is 27.6 Å². The Balaban J connectivity index is 1.54. The third kappa shape index (κ3) is 3.20. The van der Waals surface area contributed by atoms with Crippen molar-refractivity contribution in [1.29, 1.82) is 0 Å². The largest absolute Gasteiger partial charge is 0.352 e. The molecule has 28 heavy (non-hydrogen) atoms. The molecule has 142 valence electrons. The van der Waals surface area contributed by atoms with Crippen LogP contribution in [-0.4, -0.2) is 22.0 Å². The van der Waals surface area contributed by atoms with Crippen LogP contribution in [0.5, 0.6) is 0 Å². The number of carbonyl (C=O) groups excluding carboxylic acids is 1. The Morgan fingerprint density at radius 3 is 2.46 bits per heavy atom. The Labute approximate surface area is 163 Å². The van der Waals surface area contributed by atoms with Crippen molar-refractivity contribution in [1.82, 2.24) is 14.9 Å². The van der Waals surface area contributed by atoms with Gasteiger partial charge in [0, 0.05) is 46.7 Å². The molecule has 0 atom stereocenters. The van der Waals surface area contributed by atoms with Gasteiger partial charge in [0.2, 0.25) is 0 Å². The second kappa shape index (κ2) is 7.35. The maximum Gasteiger partial charge on any atom is 0.255 e. The van der Waals surface area contributed by atoms with Gasteiger partial charge in [-0.05, 0) is 38.0 Å². The van der Waals surface area contributed by atoms with Crippen LogP contribution in [-0.2, 0) is 6.42 Å². The number of carbonyl (C=O) groups is 1. The van der Waals surface area contributed by atoms with Crippen molar-refractivity contribution in [2.75, 3.05) is 6.54 Å². The Kier molecular flexibility index (Phi) is 4.74. The van der Waals surface area contributed by atoms with Crippen LogP contribution in [0.4, 0.5) is 0 Å². The lowest BCUT2D eigenvalue weighted by Crippen LogP contribution is -2.26. The number of H-pyrrole nitrogens is 1. The number of hydrogen-bond acceptors (Lipinski definition) is 2. The van der Waals surface area contributed by atoms with Crippen LogP contribution in [0, 0.1) is 0 Å². The van der Waals surface area contributed by atoms with Gasteiger partial charge < -0.3 is 14.9 Å². The van der Waals surface area contributed by atoms with E-state index in [2.05, 4.69) is 47.0 Å². The molecule has 0 saturated carbocycles. The van der Waals surface area contributed by atoms with Gasteiger partial charge in [-0.15, -0.1) is 0 Å². The minimum absolute atomic E-state index is 0.181. The quantitative estimate of drug-likeness (QED) is 0.554. The molecule has 2 heterocycles. The second-order valence-electron chi connectivity index (χ2n) is 7.26. The van der Waals surface area contributed by atoms with Crippen LogP contribution in [0.1, 0.15) is 35.8 Å². The predicted molar refractivity (Wildman–Crippen MR) is 113 cm³/mol. The summed E-state index contributed by atoms with van der Waals surface area (Å²) in [5.74, 6) is -0.181. The van der Waals surface area contributed by atoms with E-state index in [4.69, 9.17) is 0 Å². The number of rotatable bonds is 5. The van der Waals surface area contributed by atoms with Gasteiger partial charge >= 0.3 is 0 Å². The Morgan fingerprint density at radius 2 is 1.71 bits per heavy atom. The summed E-state index contributed by atoms with van der Waals surface area (Å²) in [5, 5.41) is 5.40. The fourth-order valence-corrected chi connectivity index (χ4v) is 3.71. The number of aromatic nitrogens is 2. The van der Waals surface area contributed by atoms with Crippen molar-refractivity contribution in [3.63, 3.8) is 0 Å². The smallest absolute Gasteiger partial charge is 0.255 e. The summed E-state index contributed by atoms with van der Waals surface area (Å²) in [4.78, 5) is 27.3.